The summed E-state index contributed by atoms with van der Waals surface area (Å²) in [5, 5.41) is 8.92. The molecule has 1 N–H and O–H groups in total. The number of aromatic amines is 1. The van der Waals surface area contributed by atoms with Crippen LogP contribution in [0, 0.1) is 0 Å². The number of benzene rings is 2. The van der Waals surface area contributed by atoms with Gasteiger partial charge in [-0.2, -0.15) is 5.10 Å². The average Bonchev–Trinajstić information content (AvgIpc) is 3.18. The van der Waals surface area contributed by atoms with Crippen LogP contribution in [0.3, 0.4) is 0 Å². The first-order valence-corrected chi connectivity index (χ1v) is 11.0. The minimum atomic E-state index is 0.446. The quantitative estimate of drug-likeness (QED) is 0.374. The molecule has 4 aromatic rings. The minimum Gasteiger partial charge on any atom is -0.281 e. The standard InChI is InChI=1S/C27H31N3/c1-18(2)27-25-17-22(8-9-26(25)29-30-27)15-20(4)24-7-5-6-21(16-24)14-19(3)23-10-12-28-13-11-23/h5-13,16-20H,14-15H2,1-4H3,(H,29,30). The Hall–Kier alpha value is -2.94. The fourth-order valence-corrected chi connectivity index (χ4v) is 4.31. The van der Waals surface area contributed by atoms with Gasteiger partial charge in [0.1, 0.15) is 0 Å². The van der Waals surface area contributed by atoms with Crippen LogP contribution >= 0.6 is 0 Å². The molecule has 0 radical (unpaired) electrons. The van der Waals surface area contributed by atoms with E-state index in [9.17, 15) is 0 Å². The third kappa shape index (κ3) is 4.46. The molecule has 0 aliphatic carbocycles. The van der Waals surface area contributed by atoms with Crippen LogP contribution in [0.25, 0.3) is 10.9 Å². The van der Waals surface area contributed by atoms with E-state index < -0.39 is 0 Å². The summed E-state index contributed by atoms with van der Waals surface area (Å²) >= 11 is 0. The number of aromatic nitrogens is 3. The van der Waals surface area contributed by atoms with E-state index in [-0.39, 0.29) is 0 Å². The number of pyridine rings is 1. The zero-order chi connectivity index (χ0) is 21.1. The molecule has 0 bridgehead atoms. The molecular formula is C27H31N3. The number of nitrogens with one attached hydrogen (secondary N) is 1. The van der Waals surface area contributed by atoms with Gasteiger partial charge in [0.05, 0.1) is 5.52 Å². The molecule has 0 aliphatic heterocycles. The molecular weight excluding hydrogens is 366 g/mol. The van der Waals surface area contributed by atoms with Crippen molar-refractivity contribution in [1.29, 1.82) is 0 Å². The van der Waals surface area contributed by atoms with Gasteiger partial charge in [-0.3, -0.25) is 10.1 Å². The number of nitrogens with zero attached hydrogens (tertiary/aromatic N) is 2. The monoisotopic (exact) mass is 397 g/mol. The molecule has 0 spiro atoms. The van der Waals surface area contributed by atoms with Crippen molar-refractivity contribution in [2.45, 2.75) is 58.3 Å². The van der Waals surface area contributed by atoms with Gasteiger partial charge >= 0.3 is 0 Å². The Kier molecular flexibility index (Phi) is 5.98. The van der Waals surface area contributed by atoms with Gasteiger partial charge in [-0.1, -0.05) is 58.0 Å². The van der Waals surface area contributed by atoms with Crippen molar-refractivity contribution >= 4 is 10.9 Å². The topological polar surface area (TPSA) is 41.6 Å². The predicted molar refractivity (Wildman–Crippen MR) is 125 cm³/mol. The van der Waals surface area contributed by atoms with E-state index in [4.69, 9.17) is 0 Å². The van der Waals surface area contributed by atoms with Crippen molar-refractivity contribution in [3.05, 3.63) is 94.9 Å². The first-order valence-electron chi connectivity index (χ1n) is 11.0. The Labute approximate surface area is 179 Å². The Morgan fingerprint density at radius 1 is 0.767 bits per heavy atom. The lowest BCUT2D eigenvalue weighted by Gasteiger charge is -2.16. The van der Waals surface area contributed by atoms with Gasteiger partial charge < -0.3 is 0 Å². The molecule has 3 heteroatoms. The first kappa shape index (κ1) is 20.3. The van der Waals surface area contributed by atoms with Crippen LogP contribution in [0.4, 0.5) is 0 Å². The molecule has 0 fully saturated rings. The van der Waals surface area contributed by atoms with Crippen molar-refractivity contribution in [3.8, 4) is 0 Å². The highest BCUT2D eigenvalue weighted by atomic mass is 15.1. The van der Waals surface area contributed by atoms with Crippen LogP contribution < -0.4 is 0 Å². The van der Waals surface area contributed by atoms with Crippen LogP contribution in [0.1, 0.15) is 73.4 Å². The fourth-order valence-electron chi connectivity index (χ4n) is 4.31. The summed E-state index contributed by atoms with van der Waals surface area (Å²) < 4.78 is 0. The Morgan fingerprint density at radius 3 is 2.20 bits per heavy atom. The van der Waals surface area contributed by atoms with E-state index in [1.165, 1.54) is 33.3 Å². The Balaban J connectivity index is 1.50. The maximum absolute atomic E-state index is 4.45. The van der Waals surface area contributed by atoms with Crippen molar-refractivity contribution in [2.75, 3.05) is 0 Å². The molecule has 4 rings (SSSR count). The van der Waals surface area contributed by atoms with Gasteiger partial charge in [-0.15, -0.1) is 0 Å². The van der Waals surface area contributed by atoms with E-state index in [0.29, 0.717) is 17.8 Å². The molecule has 0 amide bonds. The molecule has 2 aromatic carbocycles. The van der Waals surface area contributed by atoms with Crippen LogP contribution in [-0.2, 0) is 12.8 Å². The first-order chi connectivity index (χ1) is 14.5. The Bertz CT molecular complexity index is 1110. The van der Waals surface area contributed by atoms with E-state index >= 15 is 0 Å². The largest absolute Gasteiger partial charge is 0.281 e. The van der Waals surface area contributed by atoms with Gasteiger partial charge in [-0.05, 0) is 77.1 Å². The molecule has 2 heterocycles. The van der Waals surface area contributed by atoms with Gasteiger partial charge in [0.15, 0.2) is 0 Å². The molecule has 2 unspecified atom stereocenters. The number of hydrogen-bond donors (Lipinski definition) is 1. The van der Waals surface area contributed by atoms with Crippen molar-refractivity contribution < 1.29 is 0 Å². The molecule has 0 saturated heterocycles. The zero-order valence-electron chi connectivity index (χ0n) is 18.4. The van der Waals surface area contributed by atoms with E-state index in [2.05, 4.69) is 97.5 Å². The molecule has 2 atom stereocenters. The number of rotatable bonds is 7. The van der Waals surface area contributed by atoms with E-state index in [1.807, 2.05) is 12.4 Å². The van der Waals surface area contributed by atoms with Crippen LogP contribution in [0.2, 0.25) is 0 Å². The lowest BCUT2D eigenvalue weighted by atomic mass is 9.89. The number of hydrogen-bond acceptors (Lipinski definition) is 2. The number of H-pyrrole nitrogens is 1. The maximum atomic E-state index is 4.45. The highest BCUT2D eigenvalue weighted by Gasteiger charge is 2.13. The minimum absolute atomic E-state index is 0.446. The van der Waals surface area contributed by atoms with Gasteiger partial charge in [0.2, 0.25) is 0 Å². The van der Waals surface area contributed by atoms with E-state index in [0.717, 1.165) is 18.4 Å². The summed E-state index contributed by atoms with van der Waals surface area (Å²) in [5.74, 6) is 1.39. The van der Waals surface area contributed by atoms with Gasteiger partial charge in [0, 0.05) is 23.5 Å². The molecule has 30 heavy (non-hydrogen) atoms. The highest BCUT2D eigenvalue weighted by molar-refractivity contribution is 5.82. The zero-order valence-corrected chi connectivity index (χ0v) is 18.4. The summed E-state index contributed by atoms with van der Waals surface area (Å²) in [6.45, 7) is 9.04. The normalized spacial score (nSPS) is 13.6. The van der Waals surface area contributed by atoms with Gasteiger partial charge in [-0.25, -0.2) is 0 Å². The SMILES string of the molecule is CC(C)c1[nH]nc2ccc(CC(C)c3cccc(CC(C)c4ccncc4)c3)cc12. The van der Waals surface area contributed by atoms with Crippen molar-refractivity contribution in [3.63, 3.8) is 0 Å². The van der Waals surface area contributed by atoms with Crippen molar-refractivity contribution in [2.24, 2.45) is 0 Å². The van der Waals surface area contributed by atoms with E-state index in [1.54, 1.807) is 0 Å². The second-order valence-electron chi connectivity index (χ2n) is 8.88. The van der Waals surface area contributed by atoms with Crippen LogP contribution in [0.15, 0.2) is 67.0 Å². The fraction of sp³-hybridized carbons (Fsp3) is 0.333. The third-order valence-electron chi connectivity index (χ3n) is 6.10. The van der Waals surface area contributed by atoms with Gasteiger partial charge in [0.25, 0.3) is 0 Å². The smallest absolute Gasteiger partial charge is 0.0924 e. The molecule has 0 saturated carbocycles. The maximum Gasteiger partial charge on any atom is 0.0924 e. The second kappa shape index (κ2) is 8.83. The summed E-state index contributed by atoms with van der Waals surface area (Å²) in [5.41, 5.74) is 7.81. The van der Waals surface area contributed by atoms with Crippen LogP contribution in [-0.4, -0.2) is 15.2 Å². The average molecular weight is 398 g/mol. The molecule has 154 valence electrons. The van der Waals surface area contributed by atoms with Crippen molar-refractivity contribution in [1.82, 2.24) is 15.2 Å². The number of fused-ring (bicyclic) bond motifs is 1. The van der Waals surface area contributed by atoms with Crippen LogP contribution in [0.5, 0.6) is 0 Å². The Morgan fingerprint density at radius 2 is 1.47 bits per heavy atom. The lowest BCUT2D eigenvalue weighted by molar-refractivity contribution is 0.739. The predicted octanol–water partition coefficient (Wildman–Crippen LogP) is 6.77. The summed E-state index contributed by atoms with van der Waals surface area (Å²) in [4.78, 5) is 4.14. The lowest BCUT2D eigenvalue weighted by Crippen LogP contribution is -2.02. The molecule has 3 nitrogen and oxygen atoms in total. The second-order valence-corrected chi connectivity index (χ2v) is 8.88. The summed E-state index contributed by atoms with van der Waals surface area (Å²) in [6, 6.07) is 20.0. The molecule has 0 aliphatic rings. The highest BCUT2D eigenvalue weighted by Crippen LogP contribution is 2.28. The summed E-state index contributed by atoms with van der Waals surface area (Å²) in [7, 11) is 0. The third-order valence-corrected chi connectivity index (χ3v) is 6.10. The summed E-state index contributed by atoms with van der Waals surface area (Å²) in [6.07, 6.45) is 5.84. The molecule has 2 aromatic heterocycles.